The molecule has 0 spiro atoms. The number of benzene rings is 1. The summed E-state index contributed by atoms with van der Waals surface area (Å²) in [5.74, 6) is 0.903. The molecule has 1 aromatic carbocycles. The van der Waals surface area contributed by atoms with Crippen molar-refractivity contribution in [3.8, 4) is 11.5 Å². The lowest BCUT2D eigenvalue weighted by Gasteiger charge is -2.12. The third-order valence-corrected chi connectivity index (χ3v) is 6.85. The summed E-state index contributed by atoms with van der Waals surface area (Å²) in [5.41, 5.74) is 0.289. The Hall–Kier alpha value is -0.960. The largest absolute Gasteiger partial charge is 0.497 e. The first-order valence-corrected chi connectivity index (χ1v) is 9.04. The Balaban J connectivity index is 2.40. The highest BCUT2D eigenvalue weighted by Gasteiger charge is 2.21. The number of hydrogen-bond donors (Lipinski definition) is 1. The minimum absolute atomic E-state index is 0.101. The number of methoxy groups -OCH3 is 2. The van der Waals surface area contributed by atoms with E-state index in [2.05, 4.69) is 20.7 Å². The first kappa shape index (κ1) is 16.4. The Bertz CT molecular complexity index is 741. The van der Waals surface area contributed by atoms with Crippen LogP contribution in [0, 0.1) is 0 Å². The zero-order valence-electron chi connectivity index (χ0n) is 11.0. The number of thiophene rings is 1. The number of anilines is 1. The molecule has 0 saturated carbocycles. The molecule has 2 rings (SSSR count). The Kier molecular flexibility index (Phi) is 5.03. The number of sulfonamides is 1. The highest BCUT2D eigenvalue weighted by molar-refractivity contribution is 9.11. The second kappa shape index (κ2) is 6.43. The van der Waals surface area contributed by atoms with Gasteiger partial charge in [0.25, 0.3) is 10.0 Å². The topological polar surface area (TPSA) is 64.6 Å². The van der Waals surface area contributed by atoms with Crippen molar-refractivity contribution in [2.75, 3.05) is 18.9 Å². The van der Waals surface area contributed by atoms with Gasteiger partial charge in [0.05, 0.1) is 28.7 Å². The molecule has 9 heteroatoms. The molecule has 1 aromatic heterocycles. The third kappa shape index (κ3) is 3.63. The molecule has 0 amide bonds. The molecule has 114 valence electrons. The maximum Gasteiger partial charge on any atom is 0.271 e. The molecule has 5 nitrogen and oxygen atoms in total. The summed E-state index contributed by atoms with van der Waals surface area (Å²) < 4.78 is 38.1. The summed E-state index contributed by atoms with van der Waals surface area (Å²) in [6.07, 6.45) is 0. The summed E-state index contributed by atoms with van der Waals surface area (Å²) in [5, 5.41) is 0.345. The van der Waals surface area contributed by atoms with Gasteiger partial charge in [-0.3, -0.25) is 4.72 Å². The van der Waals surface area contributed by atoms with Crippen molar-refractivity contribution in [2.45, 2.75) is 4.21 Å². The van der Waals surface area contributed by atoms with E-state index in [0.29, 0.717) is 20.3 Å². The maximum atomic E-state index is 12.4. The average molecular weight is 413 g/mol. The Morgan fingerprint density at radius 3 is 2.48 bits per heavy atom. The van der Waals surface area contributed by atoms with E-state index in [1.165, 1.54) is 20.3 Å². The van der Waals surface area contributed by atoms with Crippen LogP contribution in [0.4, 0.5) is 5.69 Å². The second-order valence-electron chi connectivity index (χ2n) is 3.86. The minimum atomic E-state index is -3.75. The number of nitrogens with one attached hydrogen (secondary N) is 1. The van der Waals surface area contributed by atoms with Crippen LogP contribution in [0.5, 0.6) is 11.5 Å². The van der Waals surface area contributed by atoms with Crippen molar-refractivity contribution in [1.29, 1.82) is 0 Å². The van der Waals surface area contributed by atoms with Crippen molar-refractivity contribution in [3.05, 3.63) is 33.1 Å². The van der Waals surface area contributed by atoms with Gasteiger partial charge in [-0.2, -0.15) is 0 Å². The van der Waals surface area contributed by atoms with Gasteiger partial charge in [-0.15, -0.1) is 11.3 Å². The van der Waals surface area contributed by atoms with Crippen molar-refractivity contribution in [2.24, 2.45) is 0 Å². The fraction of sp³-hybridized carbons (Fsp3) is 0.167. The van der Waals surface area contributed by atoms with Gasteiger partial charge in [-0.1, -0.05) is 11.6 Å². The quantitative estimate of drug-likeness (QED) is 0.806. The third-order valence-electron chi connectivity index (χ3n) is 2.54. The molecule has 0 fully saturated rings. The fourth-order valence-corrected chi connectivity index (χ4v) is 5.01. The highest BCUT2D eigenvalue weighted by Crippen LogP contribution is 2.37. The van der Waals surface area contributed by atoms with Crippen LogP contribution in [-0.2, 0) is 10.0 Å². The summed E-state index contributed by atoms with van der Waals surface area (Å²) >= 11 is 10.1. The van der Waals surface area contributed by atoms with E-state index in [1.807, 2.05) is 0 Å². The predicted molar refractivity (Wildman–Crippen MR) is 87.4 cm³/mol. The van der Waals surface area contributed by atoms with Crippen LogP contribution in [0.3, 0.4) is 0 Å². The molecule has 0 unspecified atom stereocenters. The molecule has 0 aliphatic rings. The van der Waals surface area contributed by atoms with E-state index >= 15 is 0 Å². The van der Waals surface area contributed by atoms with E-state index in [4.69, 9.17) is 21.1 Å². The van der Waals surface area contributed by atoms with Gasteiger partial charge in [0.1, 0.15) is 15.7 Å². The van der Waals surface area contributed by atoms with Gasteiger partial charge in [0, 0.05) is 6.07 Å². The highest BCUT2D eigenvalue weighted by atomic mass is 79.9. The first-order chi connectivity index (χ1) is 9.87. The number of ether oxygens (including phenoxy) is 2. The van der Waals surface area contributed by atoms with Crippen LogP contribution in [0.15, 0.2) is 32.3 Å². The van der Waals surface area contributed by atoms with Gasteiger partial charge >= 0.3 is 0 Å². The van der Waals surface area contributed by atoms with Crippen LogP contribution >= 0.6 is 38.9 Å². The molecule has 0 saturated heterocycles. The van der Waals surface area contributed by atoms with Crippen molar-refractivity contribution in [3.63, 3.8) is 0 Å². The monoisotopic (exact) mass is 411 g/mol. The van der Waals surface area contributed by atoms with Crippen LogP contribution in [0.2, 0.25) is 5.02 Å². The van der Waals surface area contributed by atoms with Gasteiger partial charge in [0.2, 0.25) is 0 Å². The lowest BCUT2D eigenvalue weighted by Crippen LogP contribution is -2.12. The Morgan fingerprint density at radius 1 is 1.24 bits per heavy atom. The number of hydrogen-bond acceptors (Lipinski definition) is 5. The zero-order chi connectivity index (χ0) is 15.6. The lowest BCUT2D eigenvalue weighted by molar-refractivity contribution is 0.405. The number of rotatable bonds is 5. The molecule has 0 aliphatic heterocycles. The molecule has 0 atom stereocenters. The van der Waals surface area contributed by atoms with Crippen LogP contribution < -0.4 is 14.2 Å². The van der Waals surface area contributed by atoms with E-state index in [0.717, 1.165) is 11.3 Å². The summed E-state index contributed by atoms with van der Waals surface area (Å²) in [6, 6.07) is 6.22. The average Bonchev–Trinajstić information content (AvgIpc) is 2.79. The Labute approximate surface area is 140 Å². The maximum absolute atomic E-state index is 12.4. The van der Waals surface area contributed by atoms with Gasteiger partial charge in [0.15, 0.2) is 0 Å². The zero-order valence-corrected chi connectivity index (χ0v) is 15.0. The van der Waals surface area contributed by atoms with Crippen LogP contribution in [-0.4, -0.2) is 22.6 Å². The molecule has 1 N–H and O–H groups in total. The van der Waals surface area contributed by atoms with E-state index < -0.39 is 10.0 Å². The van der Waals surface area contributed by atoms with Crippen LogP contribution in [0.25, 0.3) is 0 Å². The number of halogens is 2. The van der Waals surface area contributed by atoms with Crippen molar-refractivity contribution >= 4 is 54.6 Å². The molecule has 0 bridgehead atoms. The van der Waals surface area contributed by atoms with E-state index in [1.54, 1.807) is 18.2 Å². The van der Waals surface area contributed by atoms with Gasteiger partial charge < -0.3 is 9.47 Å². The summed E-state index contributed by atoms with van der Waals surface area (Å²) in [7, 11) is -0.801. The summed E-state index contributed by atoms with van der Waals surface area (Å²) in [4.78, 5) is 0. The molecule has 0 aliphatic carbocycles. The van der Waals surface area contributed by atoms with Gasteiger partial charge in [-0.25, -0.2) is 8.42 Å². The molecule has 2 aromatic rings. The van der Waals surface area contributed by atoms with Gasteiger partial charge in [-0.05, 0) is 34.1 Å². The normalized spacial score (nSPS) is 11.2. The summed E-state index contributed by atoms with van der Waals surface area (Å²) in [6.45, 7) is 0. The standard InChI is InChI=1S/C12H11BrClNO4S2/c1-18-7-3-4-10(19-2)9(5-7)15-21(16,17)11-6-8(14)12(13)20-11/h3-6,15H,1-2H3. The lowest BCUT2D eigenvalue weighted by atomic mass is 10.3. The van der Waals surface area contributed by atoms with Crippen molar-refractivity contribution in [1.82, 2.24) is 0 Å². The molecule has 0 radical (unpaired) electrons. The van der Waals surface area contributed by atoms with E-state index in [-0.39, 0.29) is 9.90 Å². The van der Waals surface area contributed by atoms with Crippen molar-refractivity contribution < 1.29 is 17.9 Å². The molecule has 1 heterocycles. The predicted octanol–water partition coefficient (Wildman–Crippen LogP) is 3.98. The first-order valence-electron chi connectivity index (χ1n) is 5.57. The van der Waals surface area contributed by atoms with Crippen LogP contribution in [0.1, 0.15) is 0 Å². The second-order valence-corrected chi connectivity index (χ2v) is 8.55. The smallest absolute Gasteiger partial charge is 0.271 e. The van der Waals surface area contributed by atoms with E-state index in [9.17, 15) is 8.42 Å². The minimum Gasteiger partial charge on any atom is -0.497 e. The Morgan fingerprint density at radius 2 is 1.95 bits per heavy atom. The molecular weight excluding hydrogens is 402 g/mol. The fourth-order valence-electron chi connectivity index (χ4n) is 1.55. The molecule has 21 heavy (non-hydrogen) atoms. The molecular formula is C12H11BrClNO4S2. The SMILES string of the molecule is COc1ccc(OC)c(NS(=O)(=O)c2cc(Cl)c(Br)s2)c1.